The zero-order valence-corrected chi connectivity index (χ0v) is 12.5. The number of rotatable bonds is 2. The fraction of sp³-hybridized carbons (Fsp3) is 0.600. The molecule has 1 atom stereocenters. The SMILES string of the molecule is CC(C)(C)[C@@H](N)C(=O)N1CCN(c2ccccn2)CC1. The van der Waals surface area contributed by atoms with E-state index in [0.717, 1.165) is 18.9 Å². The number of nitrogens with two attached hydrogens (primary N) is 1. The van der Waals surface area contributed by atoms with Crippen LogP contribution in [-0.4, -0.2) is 48.0 Å². The molecule has 1 amide bonds. The lowest BCUT2D eigenvalue weighted by atomic mass is 9.86. The maximum absolute atomic E-state index is 12.4. The molecular weight excluding hydrogens is 252 g/mol. The van der Waals surface area contributed by atoms with Gasteiger partial charge in [0.2, 0.25) is 5.91 Å². The molecule has 110 valence electrons. The van der Waals surface area contributed by atoms with Crippen molar-refractivity contribution < 1.29 is 4.79 Å². The average Bonchev–Trinajstić information content (AvgIpc) is 2.46. The fourth-order valence-corrected chi connectivity index (χ4v) is 2.26. The van der Waals surface area contributed by atoms with E-state index in [1.54, 1.807) is 6.20 Å². The zero-order valence-electron chi connectivity index (χ0n) is 12.5. The summed E-state index contributed by atoms with van der Waals surface area (Å²) in [7, 11) is 0. The molecule has 1 aromatic rings. The van der Waals surface area contributed by atoms with Gasteiger partial charge in [-0.1, -0.05) is 26.8 Å². The summed E-state index contributed by atoms with van der Waals surface area (Å²) in [5.74, 6) is 1.03. The molecule has 2 N–H and O–H groups in total. The van der Waals surface area contributed by atoms with Gasteiger partial charge in [-0.25, -0.2) is 4.98 Å². The van der Waals surface area contributed by atoms with Gasteiger partial charge in [0.05, 0.1) is 6.04 Å². The lowest BCUT2D eigenvalue weighted by Gasteiger charge is -2.38. The summed E-state index contributed by atoms with van der Waals surface area (Å²) in [6.07, 6.45) is 1.79. The fourth-order valence-electron chi connectivity index (χ4n) is 2.26. The number of aromatic nitrogens is 1. The van der Waals surface area contributed by atoms with Crippen LogP contribution in [0.25, 0.3) is 0 Å². The van der Waals surface area contributed by atoms with Gasteiger partial charge in [0.1, 0.15) is 5.82 Å². The van der Waals surface area contributed by atoms with Crippen molar-refractivity contribution in [3.05, 3.63) is 24.4 Å². The Labute approximate surface area is 120 Å². The van der Waals surface area contributed by atoms with Crippen LogP contribution in [0, 0.1) is 5.41 Å². The normalized spacial score (nSPS) is 18.0. The number of carbonyl (C=O) groups is 1. The van der Waals surface area contributed by atoms with Crippen molar-refractivity contribution in [1.29, 1.82) is 0 Å². The Morgan fingerprint density at radius 2 is 1.90 bits per heavy atom. The molecule has 1 fully saturated rings. The lowest BCUT2D eigenvalue weighted by Crippen LogP contribution is -2.56. The summed E-state index contributed by atoms with van der Waals surface area (Å²) in [5.41, 5.74) is 5.85. The first kappa shape index (κ1) is 14.8. The summed E-state index contributed by atoms with van der Waals surface area (Å²) in [6.45, 7) is 9.02. The number of pyridine rings is 1. The van der Waals surface area contributed by atoms with E-state index < -0.39 is 6.04 Å². The predicted molar refractivity (Wildman–Crippen MR) is 80.5 cm³/mol. The summed E-state index contributed by atoms with van der Waals surface area (Å²) in [5, 5.41) is 0. The van der Waals surface area contributed by atoms with Crippen LogP contribution in [0.15, 0.2) is 24.4 Å². The molecule has 1 saturated heterocycles. The third kappa shape index (κ3) is 3.28. The van der Waals surface area contributed by atoms with Gasteiger partial charge in [0.25, 0.3) is 0 Å². The summed E-state index contributed by atoms with van der Waals surface area (Å²) >= 11 is 0. The lowest BCUT2D eigenvalue weighted by molar-refractivity contribution is -0.135. The molecule has 0 unspecified atom stereocenters. The molecule has 0 spiro atoms. The van der Waals surface area contributed by atoms with E-state index in [2.05, 4.69) is 9.88 Å². The molecule has 1 aliphatic heterocycles. The van der Waals surface area contributed by atoms with Crippen LogP contribution in [0.1, 0.15) is 20.8 Å². The summed E-state index contributed by atoms with van der Waals surface area (Å²) < 4.78 is 0. The van der Waals surface area contributed by atoms with Crippen molar-refractivity contribution in [2.45, 2.75) is 26.8 Å². The van der Waals surface area contributed by atoms with Crippen molar-refractivity contribution in [3.63, 3.8) is 0 Å². The second-order valence-electron chi connectivity index (χ2n) is 6.34. The number of nitrogens with zero attached hydrogens (tertiary/aromatic N) is 3. The quantitative estimate of drug-likeness (QED) is 0.879. The van der Waals surface area contributed by atoms with Crippen molar-refractivity contribution >= 4 is 11.7 Å². The third-order valence-corrected chi connectivity index (χ3v) is 3.76. The van der Waals surface area contributed by atoms with Gasteiger partial charge in [-0.15, -0.1) is 0 Å². The smallest absolute Gasteiger partial charge is 0.240 e. The van der Waals surface area contributed by atoms with Crippen molar-refractivity contribution in [3.8, 4) is 0 Å². The first-order valence-corrected chi connectivity index (χ1v) is 7.10. The molecule has 5 heteroatoms. The molecule has 0 aliphatic carbocycles. The van der Waals surface area contributed by atoms with Crippen molar-refractivity contribution in [2.24, 2.45) is 11.1 Å². The number of hydrogen-bond donors (Lipinski definition) is 1. The number of anilines is 1. The number of amides is 1. The third-order valence-electron chi connectivity index (χ3n) is 3.76. The standard InChI is InChI=1S/C15H24N4O/c1-15(2,3)13(16)14(20)19-10-8-18(9-11-19)12-6-4-5-7-17-12/h4-7,13H,8-11,16H2,1-3H3/t13-/m0/s1. The molecular formula is C15H24N4O. The first-order chi connectivity index (χ1) is 9.39. The largest absolute Gasteiger partial charge is 0.353 e. The van der Waals surface area contributed by atoms with Crippen LogP contribution in [-0.2, 0) is 4.79 Å². The second-order valence-corrected chi connectivity index (χ2v) is 6.34. The van der Waals surface area contributed by atoms with Gasteiger partial charge in [-0.05, 0) is 17.5 Å². The highest BCUT2D eigenvalue weighted by atomic mass is 16.2. The Balaban J connectivity index is 1.93. The van der Waals surface area contributed by atoms with E-state index in [4.69, 9.17) is 5.73 Å². The molecule has 1 aromatic heterocycles. The Morgan fingerprint density at radius 3 is 2.40 bits per heavy atom. The van der Waals surface area contributed by atoms with Crippen LogP contribution in [0.4, 0.5) is 5.82 Å². The van der Waals surface area contributed by atoms with Crippen LogP contribution < -0.4 is 10.6 Å². The number of piperazine rings is 1. The van der Waals surface area contributed by atoms with E-state index >= 15 is 0 Å². The molecule has 5 nitrogen and oxygen atoms in total. The number of hydrogen-bond acceptors (Lipinski definition) is 4. The topological polar surface area (TPSA) is 62.5 Å². The van der Waals surface area contributed by atoms with E-state index in [9.17, 15) is 4.79 Å². The van der Waals surface area contributed by atoms with Gasteiger partial charge in [0.15, 0.2) is 0 Å². The minimum absolute atomic E-state index is 0.0539. The van der Waals surface area contributed by atoms with Crippen LogP contribution in [0.5, 0.6) is 0 Å². The average molecular weight is 276 g/mol. The maximum atomic E-state index is 12.4. The van der Waals surface area contributed by atoms with E-state index in [0.29, 0.717) is 13.1 Å². The monoisotopic (exact) mass is 276 g/mol. The van der Waals surface area contributed by atoms with Crippen LogP contribution in [0.3, 0.4) is 0 Å². The summed E-state index contributed by atoms with van der Waals surface area (Å²) in [4.78, 5) is 20.8. The molecule has 0 radical (unpaired) electrons. The Hall–Kier alpha value is -1.62. The molecule has 0 saturated carbocycles. The Bertz CT molecular complexity index is 447. The Kier molecular flexibility index (Phi) is 4.28. The highest BCUT2D eigenvalue weighted by molar-refractivity contribution is 5.82. The predicted octanol–water partition coefficient (Wildman–Crippen LogP) is 1.10. The second kappa shape index (κ2) is 5.79. The molecule has 1 aliphatic rings. The molecule has 2 rings (SSSR count). The van der Waals surface area contributed by atoms with Gasteiger partial charge < -0.3 is 15.5 Å². The van der Waals surface area contributed by atoms with E-state index in [1.807, 2.05) is 43.9 Å². The zero-order chi connectivity index (χ0) is 14.8. The van der Waals surface area contributed by atoms with Crippen molar-refractivity contribution in [2.75, 3.05) is 31.1 Å². The molecule has 20 heavy (non-hydrogen) atoms. The van der Waals surface area contributed by atoms with E-state index in [-0.39, 0.29) is 11.3 Å². The summed E-state index contributed by atoms with van der Waals surface area (Å²) in [6, 6.07) is 5.45. The molecule has 2 heterocycles. The molecule has 0 aromatic carbocycles. The van der Waals surface area contributed by atoms with Gasteiger partial charge in [-0.2, -0.15) is 0 Å². The van der Waals surface area contributed by atoms with Crippen LogP contribution in [0.2, 0.25) is 0 Å². The Morgan fingerprint density at radius 1 is 1.25 bits per heavy atom. The first-order valence-electron chi connectivity index (χ1n) is 7.10. The van der Waals surface area contributed by atoms with Gasteiger partial charge in [-0.3, -0.25) is 4.79 Å². The van der Waals surface area contributed by atoms with Crippen molar-refractivity contribution in [1.82, 2.24) is 9.88 Å². The minimum atomic E-state index is -0.441. The van der Waals surface area contributed by atoms with Crippen LogP contribution >= 0.6 is 0 Å². The highest BCUT2D eigenvalue weighted by Gasteiger charge is 2.32. The number of carbonyl (C=O) groups excluding carboxylic acids is 1. The minimum Gasteiger partial charge on any atom is -0.353 e. The van der Waals surface area contributed by atoms with Gasteiger partial charge >= 0.3 is 0 Å². The van der Waals surface area contributed by atoms with Gasteiger partial charge in [0, 0.05) is 32.4 Å². The molecule has 0 bridgehead atoms. The maximum Gasteiger partial charge on any atom is 0.240 e. The highest BCUT2D eigenvalue weighted by Crippen LogP contribution is 2.20. The van der Waals surface area contributed by atoms with E-state index in [1.165, 1.54) is 0 Å².